The van der Waals surface area contributed by atoms with Crippen LogP contribution in [-0.4, -0.2) is 25.0 Å². The number of carbonyl (C=O) groups is 2. The van der Waals surface area contributed by atoms with Crippen LogP contribution >= 0.6 is 27.5 Å². The summed E-state index contributed by atoms with van der Waals surface area (Å²) in [7, 11) is 0. The Morgan fingerprint density at radius 3 is 3.00 bits per heavy atom. The molecule has 0 aromatic heterocycles. The fraction of sp³-hybridized carbons (Fsp3) is 0.333. The first-order valence-corrected chi connectivity index (χ1v) is 6.63. The molecule has 0 radical (unpaired) electrons. The molecule has 4 nitrogen and oxygen atoms in total. The number of esters is 1. The highest BCUT2D eigenvalue weighted by Crippen LogP contribution is 2.26. The minimum absolute atomic E-state index is 0.00321. The van der Waals surface area contributed by atoms with E-state index in [1.54, 1.807) is 18.2 Å². The zero-order valence-corrected chi connectivity index (χ0v) is 11.8. The van der Waals surface area contributed by atoms with Crippen molar-refractivity contribution in [3.05, 3.63) is 33.3 Å². The zero-order chi connectivity index (χ0) is 13.1. The van der Waals surface area contributed by atoms with Crippen LogP contribution in [0.4, 0.5) is 0 Å². The highest BCUT2D eigenvalue weighted by molar-refractivity contribution is 9.10. The molecule has 0 aliphatic carbocycles. The van der Waals surface area contributed by atoms with E-state index < -0.39 is 5.97 Å². The van der Waals surface area contributed by atoms with Crippen molar-refractivity contribution in [2.24, 2.45) is 5.92 Å². The number of amides is 1. The molecule has 0 bridgehead atoms. The van der Waals surface area contributed by atoms with Gasteiger partial charge in [-0.3, -0.25) is 4.79 Å². The zero-order valence-electron chi connectivity index (χ0n) is 9.41. The number of halogens is 2. The second-order valence-corrected chi connectivity index (χ2v) is 5.31. The highest BCUT2D eigenvalue weighted by Gasteiger charge is 2.23. The van der Waals surface area contributed by atoms with Crippen molar-refractivity contribution < 1.29 is 14.3 Å². The Hall–Kier alpha value is -1.07. The van der Waals surface area contributed by atoms with Crippen molar-refractivity contribution in [3.63, 3.8) is 0 Å². The maximum atomic E-state index is 11.8. The molecule has 1 heterocycles. The highest BCUT2D eigenvalue weighted by atomic mass is 79.9. The standard InChI is InChI=1S/C12H11BrClNO3/c13-9-3-1-2-8(11(9)14)12(17)18-6-7-4-10(16)15-5-7/h1-3,7H,4-6H2,(H,15,16)/t7-/m1/s1. The molecule has 6 heteroatoms. The Bertz CT molecular complexity index is 492. The molecule has 1 amide bonds. The summed E-state index contributed by atoms with van der Waals surface area (Å²) in [6.07, 6.45) is 0.402. The van der Waals surface area contributed by atoms with Crippen LogP contribution in [0, 0.1) is 5.92 Å². The first kappa shape index (κ1) is 13.4. The molecule has 96 valence electrons. The van der Waals surface area contributed by atoms with Gasteiger partial charge in [0.15, 0.2) is 0 Å². The minimum atomic E-state index is -0.472. The SMILES string of the molecule is O=C1C[C@@H](COC(=O)c2cccc(Br)c2Cl)CN1. The Morgan fingerprint density at radius 2 is 2.33 bits per heavy atom. The molecular formula is C12H11BrClNO3. The van der Waals surface area contributed by atoms with Gasteiger partial charge in [-0.2, -0.15) is 0 Å². The average Bonchev–Trinajstić information content (AvgIpc) is 2.76. The Morgan fingerprint density at radius 1 is 1.56 bits per heavy atom. The van der Waals surface area contributed by atoms with E-state index >= 15 is 0 Å². The predicted molar refractivity (Wildman–Crippen MR) is 70.6 cm³/mol. The van der Waals surface area contributed by atoms with Gasteiger partial charge < -0.3 is 10.1 Å². The molecule has 0 saturated carbocycles. The van der Waals surface area contributed by atoms with E-state index in [0.29, 0.717) is 28.0 Å². The van der Waals surface area contributed by atoms with E-state index in [4.69, 9.17) is 16.3 Å². The maximum absolute atomic E-state index is 11.8. The fourth-order valence-electron chi connectivity index (χ4n) is 1.72. The smallest absolute Gasteiger partial charge is 0.339 e. The summed E-state index contributed by atoms with van der Waals surface area (Å²) in [5.41, 5.74) is 0.323. The van der Waals surface area contributed by atoms with Crippen LogP contribution in [-0.2, 0) is 9.53 Å². The summed E-state index contributed by atoms with van der Waals surface area (Å²) >= 11 is 9.24. The predicted octanol–water partition coefficient (Wildman–Crippen LogP) is 2.40. The van der Waals surface area contributed by atoms with Gasteiger partial charge in [0.25, 0.3) is 0 Å². The van der Waals surface area contributed by atoms with Crippen molar-refractivity contribution in [2.45, 2.75) is 6.42 Å². The van der Waals surface area contributed by atoms with Gasteiger partial charge in [0.05, 0.1) is 17.2 Å². The van der Waals surface area contributed by atoms with E-state index in [2.05, 4.69) is 21.2 Å². The van der Waals surface area contributed by atoms with Crippen molar-refractivity contribution in [3.8, 4) is 0 Å². The van der Waals surface area contributed by atoms with Crippen LogP contribution in [0.25, 0.3) is 0 Å². The third kappa shape index (κ3) is 3.03. The number of rotatable bonds is 3. The molecule has 1 aromatic carbocycles. The molecular weight excluding hydrogens is 321 g/mol. The third-order valence-corrected chi connectivity index (χ3v) is 3.98. The van der Waals surface area contributed by atoms with E-state index in [0.717, 1.165) is 0 Å². The molecule has 1 atom stereocenters. The lowest BCUT2D eigenvalue weighted by Gasteiger charge is -2.10. The molecule has 1 saturated heterocycles. The number of hydrogen-bond acceptors (Lipinski definition) is 3. The maximum Gasteiger partial charge on any atom is 0.339 e. The summed E-state index contributed by atoms with van der Waals surface area (Å²) in [5.74, 6) is -0.426. The van der Waals surface area contributed by atoms with Crippen LogP contribution in [0.5, 0.6) is 0 Å². The number of nitrogens with one attached hydrogen (secondary N) is 1. The summed E-state index contributed by atoms with van der Waals surface area (Å²) in [6, 6.07) is 5.07. The molecule has 1 N–H and O–H groups in total. The van der Waals surface area contributed by atoms with E-state index in [1.165, 1.54) is 0 Å². The third-order valence-electron chi connectivity index (χ3n) is 2.68. The molecule has 0 unspecified atom stereocenters. The lowest BCUT2D eigenvalue weighted by atomic mass is 10.1. The number of ether oxygens (including phenoxy) is 1. The lowest BCUT2D eigenvalue weighted by molar-refractivity contribution is -0.119. The second kappa shape index (κ2) is 5.71. The summed E-state index contributed by atoms with van der Waals surface area (Å²) in [5, 5.41) is 3.03. The van der Waals surface area contributed by atoms with Crippen LogP contribution in [0.3, 0.4) is 0 Å². The van der Waals surface area contributed by atoms with Gasteiger partial charge in [0, 0.05) is 23.4 Å². The number of benzene rings is 1. The Labute approximate surface area is 118 Å². The van der Waals surface area contributed by atoms with Crippen molar-refractivity contribution in [1.29, 1.82) is 0 Å². The monoisotopic (exact) mass is 331 g/mol. The van der Waals surface area contributed by atoms with Gasteiger partial charge in [-0.1, -0.05) is 17.7 Å². The molecule has 0 spiro atoms. The average molecular weight is 333 g/mol. The van der Waals surface area contributed by atoms with Crippen LogP contribution < -0.4 is 5.32 Å². The molecule has 2 rings (SSSR count). The summed E-state index contributed by atoms with van der Waals surface area (Å²) in [4.78, 5) is 22.8. The van der Waals surface area contributed by atoms with Crippen molar-refractivity contribution >= 4 is 39.4 Å². The summed E-state index contributed by atoms with van der Waals surface area (Å²) < 4.78 is 5.81. The van der Waals surface area contributed by atoms with Gasteiger partial charge in [0.1, 0.15) is 0 Å². The van der Waals surface area contributed by atoms with Gasteiger partial charge in [-0.15, -0.1) is 0 Å². The largest absolute Gasteiger partial charge is 0.462 e. The second-order valence-electron chi connectivity index (χ2n) is 4.07. The van der Waals surface area contributed by atoms with Crippen LogP contribution in [0.15, 0.2) is 22.7 Å². The minimum Gasteiger partial charge on any atom is -0.462 e. The van der Waals surface area contributed by atoms with Gasteiger partial charge in [-0.25, -0.2) is 4.79 Å². The van der Waals surface area contributed by atoms with E-state index in [1.807, 2.05) is 0 Å². The van der Waals surface area contributed by atoms with Gasteiger partial charge in [-0.05, 0) is 28.1 Å². The van der Waals surface area contributed by atoms with E-state index in [9.17, 15) is 9.59 Å². The molecule has 1 aliphatic heterocycles. The quantitative estimate of drug-likeness (QED) is 0.865. The normalized spacial score (nSPS) is 18.6. The van der Waals surface area contributed by atoms with Crippen molar-refractivity contribution in [2.75, 3.05) is 13.2 Å². The fourth-order valence-corrected chi connectivity index (χ4v) is 2.28. The Balaban J connectivity index is 1.95. The first-order chi connectivity index (χ1) is 8.58. The van der Waals surface area contributed by atoms with Gasteiger partial charge in [0.2, 0.25) is 5.91 Å². The number of carbonyl (C=O) groups excluding carboxylic acids is 2. The van der Waals surface area contributed by atoms with E-state index in [-0.39, 0.29) is 18.4 Å². The molecule has 18 heavy (non-hydrogen) atoms. The van der Waals surface area contributed by atoms with Crippen LogP contribution in [0.2, 0.25) is 5.02 Å². The lowest BCUT2D eigenvalue weighted by Crippen LogP contribution is -2.17. The van der Waals surface area contributed by atoms with Crippen molar-refractivity contribution in [1.82, 2.24) is 5.32 Å². The molecule has 1 aromatic rings. The molecule has 1 fully saturated rings. The van der Waals surface area contributed by atoms with Crippen LogP contribution in [0.1, 0.15) is 16.8 Å². The molecule has 1 aliphatic rings. The Kier molecular flexibility index (Phi) is 4.24. The first-order valence-electron chi connectivity index (χ1n) is 5.45. The summed E-state index contributed by atoms with van der Waals surface area (Å²) in [6.45, 7) is 0.777. The van der Waals surface area contributed by atoms with Gasteiger partial charge >= 0.3 is 5.97 Å². The topological polar surface area (TPSA) is 55.4 Å². The number of hydrogen-bond donors (Lipinski definition) is 1.